The van der Waals surface area contributed by atoms with E-state index in [1.807, 2.05) is 6.07 Å². The van der Waals surface area contributed by atoms with E-state index in [2.05, 4.69) is 10.3 Å². The van der Waals surface area contributed by atoms with E-state index in [4.69, 9.17) is 0 Å². The fraction of sp³-hybridized carbons (Fsp3) is 0.158. The average Bonchev–Trinajstić information content (AvgIpc) is 3.17. The molecule has 0 saturated carbocycles. The smallest absolute Gasteiger partial charge is 0.322 e. The Bertz CT molecular complexity index is 1110. The molecule has 3 aromatic rings. The van der Waals surface area contributed by atoms with Crippen LogP contribution >= 0.6 is 11.3 Å². The number of nitrogens with zero attached hydrogens (tertiary/aromatic N) is 1. The Balaban J connectivity index is 1.58. The zero-order valence-electron chi connectivity index (χ0n) is 15.3. The molecule has 3 rings (SSSR count). The molecule has 0 unspecified atom stereocenters. The van der Waals surface area contributed by atoms with Crippen molar-refractivity contribution in [3.8, 4) is 10.4 Å². The lowest BCUT2D eigenvalue weighted by molar-refractivity contribution is -0.0447. The number of sulfonamides is 1. The molecular formula is C19H16F3N3O3S2. The van der Waals surface area contributed by atoms with Gasteiger partial charge in [-0.05, 0) is 29.8 Å². The highest BCUT2D eigenvalue weighted by Crippen LogP contribution is 2.28. The van der Waals surface area contributed by atoms with Crippen molar-refractivity contribution in [3.63, 3.8) is 0 Å². The van der Waals surface area contributed by atoms with Crippen molar-refractivity contribution < 1.29 is 26.4 Å². The Kier molecular flexibility index (Phi) is 6.54. The van der Waals surface area contributed by atoms with Crippen LogP contribution in [0, 0.1) is 0 Å². The topological polar surface area (TPSA) is 88.2 Å². The normalized spacial score (nSPS) is 12.0. The molecule has 0 aliphatic heterocycles. The van der Waals surface area contributed by atoms with E-state index in [9.17, 15) is 26.4 Å². The Morgan fingerprint density at radius 3 is 2.33 bits per heavy atom. The molecule has 1 heterocycles. The summed E-state index contributed by atoms with van der Waals surface area (Å²) in [5, 5.41) is 3.28. The van der Waals surface area contributed by atoms with Gasteiger partial charge in [0.1, 0.15) is 0 Å². The lowest BCUT2D eigenvalue weighted by Crippen LogP contribution is -2.37. The molecule has 1 amide bonds. The molecular weight excluding hydrogens is 439 g/mol. The summed E-state index contributed by atoms with van der Waals surface area (Å²) >= 11 is 1.25. The summed E-state index contributed by atoms with van der Waals surface area (Å²) in [6.45, 7) is -0.404. The van der Waals surface area contributed by atoms with Gasteiger partial charge in [-0.2, -0.15) is 13.2 Å². The standard InChI is InChI=1S/C19H16F3N3O3S2/c20-19(21,22)30(27,28)24-11-10-17-23-12-16(29-17)13-6-8-15(9-7-13)25-18(26)14-4-2-1-3-5-14/h1-9,12,24H,10-11H2,(H,25,26). The number of hydrogen-bond acceptors (Lipinski definition) is 5. The van der Waals surface area contributed by atoms with Gasteiger partial charge in [0, 0.05) is 30.4 Å². The van der Waals surface area contributed by atoms with Crippen LogP contribution in [0.5, 0.6) is 0 Å². The Morgan fingerprint density at radius 1 is 1.03 bits per heavy atom. The monoisotopic (exact) mass is 455 g/mol. The molecule has 2 N–H and O–H groups in total. The quantitative estimate of drug-likeness (QED) is 0.563. The van der Waals surface area contributed by atoms with Crippen molar-refractivity contribution >= 4 is 33.0 Å². The number of thiazole rings is 1. The van der Waals surface area contributed by atoms with E-state index in [0.29, 0.717) is 16.3 Å². The van der Waals surface area contributed by atoms with E-state index in [1.165, 1.54) is 16.1 Å². The second-order valence-electron chi connectivity index (χ2n) is 6.11. The molecule has 2 aromatic carbocycles. The molecule has 6 nitrogen and oxygen atoms in total. The third kappa shape index (κ3) is 5.43. The summed E-state index contributed by atoms with van der Waals surface area (Å²) in [4.78, 5) is 17.1. The number of rotatable bonds is 7. The molecule has 30 heavy (non-hydrogen) atoms. The van der Waals surface area contributed by atoms with E-state index in [-0.39, 0.29) is 12.3 Å². The average molecular weight is 455 g/mol. The van der Waals surface area contributed by atoms with Crippen LogP contribution in [-0.2, 0) is 16.4 Å². The first-order valence-corrected chi connectivity index (χ1v) is 10.9. The summed E-state index contributed by atoms with van der Waals surface area (Å²) in [5.41, 5.74) is -3.38. The van der Waals surface area contributed by atoms with Gasteiger partial charge in [-0.15, -0.1) is 11.3 Å². The predicted molar refractivity (Wildman–Crippen MR) is 109 cm³/mol. The number of alkyl halides is 3. The van der Waals surface area contributed by atoms with E-state index in [1.54, 1.807) is 54.7 Å². The SMILES string of the molecule is O=C(Nc1ccc(-c2cnc(CCNS(=O)(=O)C(F)(F)F)s2)cc1)c1ccccc1. The highest BCUT2D eigenvalue weighted by atomic mass is 32.2. The summed E-state index contributed by atoms with van der Waals surface area (Å²) in [6.07, 6.45) is 1.60. The minimum Gasteiger partial charge on any atom is -0.322 e. The van der Waals surface area contributed by atoms with Crippen molar-refractivity contribution in [3.05, 3.63) is 71.4 Å². The van der Waals surface area contributed by atoms with Gasteiger partial charge in [0.2, 0.25) is 0 Å². The first-order chi connectivity index (χ1) is 14.2. The second kappa shape index (κ2) is 8.94. The number of nitrogens with one attached hydrogen (secondary N) is 2. The highest BCUT2D eigenvalue weighted by Gasteiger charge is 2.45. The van der Waals surface area contributed by atoms with Crippen LogP contribution < -0.4 is 10.0 Å². The van der Waals surface area contributed by atoms with Gasteiger partial charge < -0.3 is 5.32 Å². The number of halogens is 3. The first-order valence-electron chi connectivity index (χ1n) is 8.63. The number of carbonyl (C=O) groups is 1. The number of carbonyl (C=O) groups excluding carboxylic acids is 1. The fourth-order valence-electron chi connectivity index (χ4n) is 2.44. The van der Waals surface area contributed by atoms with Crippen molar-refractivity contribution in [2.24, 2.45) is 0 Å². The summed E-state index contributed by atoms with van der Waals surface area (Å²) < 4.78 is 60.4. The minimum absolute atomic E-state index is 0.0329. The third-order valence-electron chi connectivity index (χ3n) is 3.95. The second-order valence-corrected chi connectivity index (χ2v) is 8.98. The van der Waals surface area contributed by atoms with Gasteiger partial charge in [0.25, 0.3) is 5.91 Å². The van der Waals surface area contributed by atoms with Gasteiger partial charge in [-0.1, -0.05) is 30.3 Å². The van der Waals surface area contributed by atoms with Crippen molar-refractivity contribution in [2.45, 2.75) is 11.9 Å². The third-order valence-corrected chi connectivity index (χ3v) is 6.25. The van der Waals surface area contributed by atoms with Crippen LogP contribution in [0.3, 0.4) is 0 Å². The van der Waals surface area contributed by atoms with Crippen molar-refractivity contribution in [1.82, 2.24) is 9.71 Å². The molecule has 0 aliphatic rings. The Morgan fingerprint density at radius 2 is 1.70 bits per heavy atom. The van der Waals surface area contributed by atoms with Crippen LogP contribution in [0.4, 0.5) is 18.9 Å². The van der Waals surface area contributed by atoms with E-state index in [0.717, 1.165) is 10.4 Å². The lowest BCUT2D eigenvalue weighted by Gasteiger charge is -2.08. The van der Waals surface area contributed by atoms with Gasteiger partial charge >= 0.3 is 15.5 Å². The lowest BCUT2D eigenvalue weighted by atomic mass is 10.1. The molecule has 0 spiro atoms. The molecule has 0 saturated heterocycles. The minimum atomic E-state index is -5.36. The summed E-state index contributed by atoms with van der Waals surface area (Å²) in [7, 11) is -5.36. The Hall–Kier alpha value is -2.76. The summed E-state index contributed by atoms with van der Waals surface area (Å²) in [6, 6.07) is 15.8. The zero-order chi connectivity index (χ0) is 21.8. The van der Waals surface area contributed by atoms with Crippen LogP contribution in [0.2, 0.25) is 0 Å². The van der Waals surface area contributed by atoms with Gasteiger partial charge in [-0.3, -0.25) is 4.79 Å². The molecule has 0 radical (unpaired) electrons. The largest absolute Gasteiger partial charge is 0.511 e. The maximum absolute atomic E-state index is 12.3. The number of benzene rings is 2. The zero-order valence-corrected chi connectivity index (χ0v) is 16.9. The molecule has 1 aromatic heterocycles. The highest BCUT2D eigenvalue weighted by molar-refractivity contribution is 7.90. The predicted octanol–water partition coefficient (Wildman–Crippen LogP) is 4.04. The van der Waals surface area contributed by atoms with Crippen LogP contribution in [0.25, 0.3) is 10.4 Å². The molecule has 158 valence electrons. The Labute approximate surface area is 174 Å². The van der Waals surface area contributed by atoms with Crippen LogP contribution in [0.1, 0.15) is 15.4 Å². The van der Waals surface area contributed by atoms with Crippen LogP contribution in [-0.4, -0.2) is 31.4 Å². The van der Waals surface area contributed by atoms with Gasteiger partial charge in [0.05, 0.1) is 9.88 Å². The van der Waals surface area contributed by atoms with E-state index >= 15 is 0 Å². The van der Waals surface area contributed by atoms with Gasteiger partial charge in [-0.25, -0.2) is 18.1 Å². The number of hydrogen-bond donors (Lipinski definition) is 2. The number of amides is 1. The van der Waals surface area contributed by atoms with Gasteiger partial charge in [0.15, 0.2) is 0 Å². The fourth-order valence-corrected chi connectivity index (χ4v) is 3.90. The summed E-state index contributed by atoms with van der Waals surface area (Å²) in [5.74, 6) is -0.232. The maximum atomic E-state index is 12.3. The maximum Gasteiger partial charge on any atom is 0.511 e. The van der Waals surface area contributed by atoms with E-state index < -0.39 is 22.1 Å². The first kappa shape index (κ1) is 21.9. The molecule has 0 fully saturated rings. The molecule has 0 atom stereocenters. The number of aromatic nitrogens is 1. The van der Waals surface area contributed by atoms with Crippen molar-refractivity contribution in [2.75, 3.05) is 11.9 Å². The van der Waals surface area contributed by atoms with Crippen LogP contribution in [0.15, 0.2) is 60.8 Å². The molecule has 0 bridgehead atoms. The van der Waals surface area contributed by atoms with Crippen molar-refractivity contribution in [1.29, 1.82) is 0 Å². The number of anilines is 1. The molecule has 11 heteroatoms. The molecule has 0 aliphatic carbocycles.